The largest absolute Gasteiger partial charge is 0.348 e. The zero-order valence-electron chi connectivity index (χ0n) is 13.0. The lowest BCUT2D eigenvalue weighted by Gasteiger charge is -2.30. The van der Waals surface area contributed by atoms with E-state index >= 15 is 0 Å². The molecule has 0 spiro atoms. The second-order valence-electron chi connectivity index (χ2n) is 5.56. The highest BCUT2D eigenvalue weighted by molar-refractivity contribution is 7.99. The van der Waals surface area contributed by atoms with E-state index in [9.17, 15) is 4.79 Å². The highest BCUT2D eigenvalue weighted by Crippen LogP contribution is 2.27. The molecule has 1 saturated heterocycles. The van der Waals surface area contributed by atoms with Crippen molar-refractivity contribution in [2.45, 2.75) is 38.8 Å². The third-order valence-corrected chi connectivity index (χ3v) is 5.28. The fraction of sp³-hybridized carbons (Fsp3) is 0.588. The van der Waals surface area contributed by atoms with Gasteiger partial charge in [-0.3, -0.25) is 4.79 Å². The summed E-state index contributed by atoms with van der Waals surface area (Å²) in [5.74, 6) is 2.59. The Hall–Kier alpha value is -1.00. The molecule has 2 atom stereocenters. The van der Waals surface area contributed by atoms with E-state index in [1.807, 2.05) is 30.0 Å². The number of carbonyl (C=O) groups excluding carboxylic acids is 1. The van der Waals surface area contributed by atoms with Crippen LogP contribution in [-0.2, 0) is 4.79 Å². The Kier molecular flexibility index (Phi) is 6.58. The summed E-state index contributed by atoms with van der Waals surface area (Å²) in [5, 5.41) is 6.61. The van der Waals surface area contributed by atoms with Gasteiger partial charge in [-0.15, -0.1) is 0 Å². The van der Waals surface area contributed by atoms with E-state index in [0.717, 1.165) is 30.9 Å². The minimum Gasteiger partial charge on any atom is -0.348 e. The van der Waals surface area contributed by atoms with E-state index in [2.05, 4.69) is 36.6 Å². The summed E-state index contributed by atoms with van der Waals surface area (Å²) in [6.07, 6.45) is 2.15. The van der Waals surface area contributed by atoms with Gasteiger partial charge in [-0.25, -0.2) is 0 Å². The fourth-order valence-electron chi connectivity index (χ4n) is 2.88. The van der Waals surface area contributed by atoms with Crippen molar-refractivity contribution in [2.75, 3.05) is 18.1 Å². The maximum absolute atomic E-state index is 12.5. The minimum atomic E-state index is -0.0516. The number of rotatable bonds is 6. The van der Waals surface area contributed by atoms with Crippen molar-refractivity contribution in [3.05, 3.63) is 35.9 Å². The topological polar surface area (TPSA) is 41.1 Å². The van der Waals surface area contributed by atoms with Crippen LogP contribution in [0.4, 0.5) is 0 Å². The van der Waals surface area contributed by atoms with Crippen molar-refractivity contribution < 1.29 is 4.79 Å². The lowest BCUT2D eigenvalue weighted by molar-refractivity contribution is -0.123. The Morgan fingerprint density at radius 1 is 1.33 bits per heavy atom. The molecule has 1 aliphatic rings. The van der Waals surface area contributed by atoms with Gasteiger partial charge in [0, 0.05) is 18.1 Å². The average Bonchev–Trinajstić information content (AvgIpc) is 2.56. The van der Waals surface area contributed by atoms with Crippen molar-refractivity contribution >= 4 is 17.7 Å². The molecule has 0 radical (unpaired) electrons. The molecule has 1 fully saturated rings. The van der Waals surface area contributed by atoms with Crippen LogP contribution in [0.15, 0.2) is 30.3 Å². The SMILES string of the molecule is CCC(CC)C(NC(=O)C1CSCCN1)c1ccccc1. The summed E-state index contributed by atoms with van der Waals surface area (Å²) in [7, 11) is 0. The predicted octanol–water partition coefficient (Wildman–Crippen LogP) is 2.99. The van der Waals surface area contributed by atoms with Gasteiger partial charge in [0.05, 0.1) is 12.1 Å². The van der Waals surface area contributed by atoms with Crippen LogP contribution in [0.3, 0.4) is 0 Å². The molecule has 21 heavy (non-hydrogen) atoms. The number of benzene rings is 1. The normalized spacial score (nSPS) is 20.2. The van der Waals surface area contributed by atoms with Gasteiger partial charge in [0.25, 0.3) is 0 Å². The van der Waals surface area contributed by atoms with E-state index in [4.69, 9.17) is 0 Å². The molecule has 2 N–H and O–H groups in total. The Morgan fingerprint density at radius 3 is 2.62 bits per heavy atom. The first-order valence-corrected chi connectivity index (χ1v) is 9.08. The van der Waals surface area contributed by atoms with Gasteiger partial charge in [-0.2, -0.15) is 11.8 Å². The molecule has 1 amide bonds. The van der Waals surface area contributed by atoms with Crippen LogP contribution in [-0.4, -0.2) is 30.0 Å². The molecular weight excluding hydrogens is 280 g/mol. The highest BCUT2D eigenvalue weighted by Gasteiger charge is 2.27. The smallest absolute Gasteiger partial charge is 0.238 e. The van der Waals surface area contributed by atoms with Crippen molar-refractivity contribution in [3.8, 4) is 0 Å². The van der Waals surface area contributed by atoms with Crippen LogP contribution in [0.1, 0.15) is 38.3 Å². The van der Waals surface area contributed by atoms with Gasteiger partial charge < -0.3 is 10.6 Å². The lowest BCUT2D eigenvalue weighted by Crippen LogP contribution is -2.50. The van der Waals surface area contributed by atoms with E-state index in [1.54, 1.807) is 0 Å². The summed E-state index contributed by atoms with van der Waals surface area (Å²) in [6, 6.07) is 10.4. The molecule has 116 valence electrons. The molecule has 0 aromatic heterocycles. The first-order valence-electron chi connectivity index (χ1n) is 7.92. The molecule has 1 aromatic carbocycles. The molecule has 2 rings (SSSR count). The summed E-state index contributed by atoms with van der Waals surface area (Å²) in [6.45, 7) is 5.32. The number of thioether (sulfide) groups is 1. The molecular formula is C17H26N2OS. The van der Waals surface area contributed by atoms with Crippen LogP contribution in [0.5, 0.6) is 0 Å². The van der Waals surface area contributed by atoms with Crippen LogP contribution < -0.4 is 10.6 Å². The van der Waals surface area contributed by atoms with Crippen molar-refractivity contribution in [1.82, 2.24) is 10.6 Å². The molecule has 0 saturated carbocycles. The van der Waals surface area contributed by atoms with Gasteiger partial charge in [0.2, 0.25) is 5.91 Å². The molecule has 0 bridgehead atoms. The van der Waals surface area contributed by atoms with Crippen LogP contribution in [0.2, 0.25) is 0 Å². The van der Waals surface area contributed by atoms with E-state index < -0.39 is 0 Å². The lowest BCUT2D eigenvalue weighted by atomic mass is 9.88. The zero-order chi connectivity index (χ0) is 15.1. The number of hydrogen-bond acceptors (Lipinski definition) is 3. The Bertz CT molecular complexity index is 428. The Labute approximate surface area is 132 Å². The Morgan fingerprint density at radius 2 is 2.05 bits per heavy atom. The van der Waals surface area contributed by atoms with E-state index in [0.29, 0.717) is 5.92 Å². The van der Waals surface area contributed by atoms with E-state index in [-0.39, 0.29) is 18.0 Å². The van der Waals surface area contributed by atoms with Gasteiger partial charge in [-0.05, 0) is 11.5 Å². The average molecular weight is 306 g/mol. The second kappa shape index (κ2) is 8.44. The maximum atomic E-state index is 12.5. The third kappa shape index (κ3) is 4.48. The van der Waals surface area contributed by atoms with E-state index in [1.165, 1.54) is 5.56 Å². The van der Waals surface area contributed by atoms with Crippen molar-refractivity contribution in [2.24, 2.45) is 5.92 Å². The summed E-state index contributed by atoms with van der Waals surface area (Å²) in [5.41, 5.74) is 1.21. The molecule has 0 aliphatic carbocycles. The fourth-order valence-corrected chi connectivity index (χ4v) is 3.82. The molecule has 1 aromatic rings. The number of nitrogens with one attached hydrogen (secondary N) is 2. The van der Waals surface area contributed by atoms with Crippen LogP contribution in [0, 0.1) is 5.92 Å². The van der Waals surface area contributed by atoms with Gasteiger partial charge >= 0.3 is 0 Å². The first kappa shape index (κ1) is 16.4. The monoisotopic (exact) mass is 306 g/mol. The molecule has 4 heteroatoms. The third-order valence-electron chi connectivity index (χ3n) is 4.21. The number of hydrogen-bond donors (Lipinski definition) is 2. The van der Waals surface area contributed by atoms with Crippen LogP contribution >= 0.6 is 11.8 Å². The molecule has 2 unspecified atom stereocenters. The standard InChI is InChI=1S/C17H26N2OS/c1-3-13(4-2)16(14-8-6-5-7-9-14)19-17(20)15-12-21-11-10-18-15/h5-9,13,15-16,18H,3-4,10-12H2,1-2H3,(H,19,20). The van der Waals surface area contributed by atoms with Crippen molar-refractivity contribution in [3.63, 3.8) is 0 Å². The second-order valence-corrected chi connectivity index (χ2v) is 6.70. The van der Waals surface area contributed by atoms with Gasteiger partial charge in [-0.1, -0.05) is 57.0 Å². The number of carbonyl (C=O) groups is 1. The molecule has 3 nitrogen and oxygen atoms in total. The first-order chi connectivity index (χ1) is 10.3. The van der Waals surface area contributed by atoms with Crippen LogP contribution in [0.25, 0.3) is 0 Å². The quantitative estimate of drug-likeness (QED) is 0.849. The zero-order valence-corrected chi connectivity index (χ0v) is 13.8. The van der Waals surface area contributed by atoms with Crippen molar-refractivity contribution in [1.29, 1.82) is 0 Å². The molecule has 1 aliphatic heterocycles. The highest BCUT2D eigenvalue weighted by atomic mass is 32.2. The van der Waals surface area contributed by atoms with Gasteiger partial charge in [0.15, 0.2) is 0 Å². The summed E-state index contributed by atoms with van der Waals surface area (Å²) in [4.78, 5) is 12.5. The Balaban J connectivity index is 2.10. The summed E-state index contributed by atoms with van der Waals surface area (Å²) >= 11 is 1.85. The summed E-state index contributed by atoms with van der Waals surface area (Å²) < 4.78 is 0. The molecule has 1 heterocycles. The minimum absolute atomic E-state index is 0.0516. The maximum Gasteiger partial charge on any atom is 0.238 e. The van der Waals surface area contributed by atoms with Gasteiger partial charge in [0.1, 0.15) is 0 Å². The predicted molar refractivity (Wildman–Crippen MR) is 90.5 cm³/mol. The number of amides is 1.